The number of hydrogen-bond acceptors (Lipinski definition) is 7. The van der Waals surface area contributed by atoms with E-state index in [2.05, 4.69) is 35.8 Å². The lowest BCUT2D eigenvalue weighted by atomic mass is 10.1. The predicted molar refractivity (Wildman–Crippen MR) is 110 cm³/mol. The van der Waals surface area contributed by atoms with E-state index < -0.39 is 0 Å². The normalized spacial score (nSPS) is 11.0. The van der Waals surface area contributed by atoms with Crippen molar-refractivity contribution in [1.29, 1.82) is 0 Å². The van der Waals surface area contributed by atoms with Crippen LogP contribution in [0, 0.1) is 0 Å². The lowest BCUT2D eigenvalue weighted by Gasteiger charge is -2.11. The minimum atomic E-state index is -0.376. The SMILES string of the molecule is CCc1noc(CC)c1CNC(=NC)NCc1cn(CC(=O)OC)nn1.I. The van der Waals surface area contributed by atoms with E-state index in [4.69, 9.17) is 4.52 Å². The van der Waals surface area contributed by atoms with Crippen LogP contribution in [-0.4, -0.2) is 46.2 Å². The summed E-state index contributed by atoms with van der Waals surface area (Å²) in [7, 11) is 3.03. The Balaban J connectivity index is 0.00000364. The van der Waals surface area contributed by atoms with Gasteiger partial charge in [0.25, 0.3) is 0 Å². The zero-order valence-corrected chi connectivity index (χ0v) is 18.3. The largest absolute Gasteiger partial charge is 0.468 e. The van der Waals surface area contributed by atoms with Gasteiger partial charge in [-0.2, -0.15) is 0 Å². The van der Waals surface area contributed by atoms with E-state index >= 15 is 0 Å². The highest BCUT2D eigenvalue weighted by Gasteiger charge is 2.14. The lowest BCUT2D eigenvalue weighted by Crippen LogP contribution is -2.36. The zero-order chi connectivity index (χ0) is 18.9. The third-order valence-electron chi connectivity index (χ3n) is 3.81. The Labute approximate surface area is 175 Å². The molecule has 150 valence electrons. The highest BCUT2D eigenvalue weighted by molar-refractivity contribution is 14.0. The molecular formula is C16H26IN7O3. The second-order valence-corrected chi connectivity index (χ2v) is 5.50. The number of nitrogens with zero attached hydrogens (tertiary/aromatic N) is 5. The molecule has 0 saturated heterocycles. The third kappa shape index (κ3) is 6.48. The molecule has 0 aromatic carbocycles. The van der Waals surface area contributed by atoms with Crippen LogP contribution >= 0.6 is 24.0 Å². The molecular weight excluding hydrogens is 465 g/mol. The van der Waals surface area contributed by atoms with Gasteiger partial charge in [0.1, 0.15) is 18.0 Å². The molecule has 0 aliphatic carbocycles. The minimum Gasteiger partial charge on any atom is -0.468 e. The monoisotopic (exact) mass is 491 g/mol. The van der Waals surface area contributed by atoms with Gasteiger partial charge >= 0.3 is 5.97 Å². The molecule has 2 N–H and O–H groups in total. The number of aliphatic imine (C=N–C) groups is 1. The highest BCUT2D eigenvalue weighted by Crippen LogP contribution is 2.15. The maximum atomic E-state index is 11.2. The number of aromatic nitrogens is 4. The third-order valence-corrected chi connectivity index (χ3v) is 3.81. The van der Waals surface area contributed by atoms with Crippen LogP contribution in [0.1, 0.15) is 36.6 Å². The van der Waals surface area contributed by atoms with Crippen LogP contribution in [0.4, 0.5) is 0 Å². The molecule has 2 aromatic heterocycles. The number of carbonyl (C=O) groups excluding carboxylic acids is 1. The number of nitrogens with one attached hydrogen (secondary N) is 2. The van der Waals surface area contributed by atoms with Crippen LogP contribution < -0.4 is 10.6 Å². The van der Waals surface area contributed by atoms with Crippen molar-refractivity contribution in [2.24, 2.45) is 4.99 Å². The van der Waals surface area contributed by atoms with E-state index in [1.807, 2.05) is 13.8 Å². The van der Waals surface area contributed by atoms with E-state index in [1.165, 1.54) is 11.8 Å². The minimum absolute atomic E-state index is 0. The van der Waals surface area contributed by atoms with E-state index in [-0.39, 0.29) is 36.5 Å². The Bertz CT molecular complexity index is 736. The van der Waals surface area contributed by atoms with E-state index in [0.29, 0.717) is 24.7 Å². The van der Waals surface area contributed by atoms with E-state index in [9.17, 15) is 4.79 Å². The predicted octanol–water partition coefficient (Wildman–Crippen LogP) is 1.05. The highest BCUT2D eigenvalue weighted by atomic mass is 127. The van der Waals surface area contributed by atoms with Gasteiger partial charge in [-0.1, -0.05) is 24.2 Å². The summed E-state index contributed by atoms with van der Waals surface area (Å²) < 4.78 is 11.4. The molecule has 0 aliphatic rings. The van der Waals surface area contributed by atoms with Gasteiger partial charge in [0.05, 0.1) is 25.5 Å². The van der Waals surface area contributed by atoms with Gasteiger partial charge in [-0.25, -0.2) is 4.68 Å². The number of ether oxygens (including phenoxy) is 1. The summed E-state index contributed by atoms with van der Waals surface area (Å²) in [4.78, 5) is 15.4. The summed E-state index contributed by atoms with van der Waals surface area (Å²) in [5, 5.41) is 18.4. The molecule has 0 radical (unpaired) electrons. The Morgan fingerprint density at radius 1 is 1.30 bits per heavy atom. The summed E-state index contributed by atoms with van der Waals surface area (Å²) in [6, 6.07) is 0. The molecule has 27 heavy (non-hydrogen) atoms. The maximum Gasteiger partial charge on any atom is 0.327 e. The molecule has 2 heterocycles. The Hall–Kier alpha value is -2.18. The second kappa shape index (κ2) is 11.5. The number of guanidine groups is 1. The molecule has 0 spiro atoms. The molecule has 0 bridgehead atoms. The molecule has 0 fully saturated rings. The first-order valence-corrected chi connectivity index (χ1v) is 8.47. The standard InChI is InChI=1S/C16H25N7O3.HI/c1-5-13-12(14(6-2)26-21-13)8-19-16(17-3)18-7-11-9-23(22-20-11)10-15(24)25-4;/h9H,5-8,10H2,1-4H3,(H2,17,18,19);1H. The van der Waals surface area contributed by atoms with Gasteiger partial charge in [0.15, 0.2) is 5.96 Å². The second-order valence-electron chi connectivity index (χ2n) is 5.50. The van der Waals surface area contributed by atoms with Gasteiger partial charge < -0.3 is 19.9 Å². The lowest BCUT2D eigenvalue weighted by molar-refractivity contribution is -0.141. The fraction of sp³-hybridized carbons (Fsp3) is 0.562. The maximum absolute atomic E-state index is 11.2. The molecule has 11 heteroatoms. The first-order chi connectivity index (χ1) is 12.6. The Morgan fingerprint density at radius 3 is 2.67 bits per heavy atom. The number of aryl methyl sites for hydroxylation is 2. The number of hydrogen-bond donors (Lipinski definition) is 2. The van der Waals surface area contributed by atoms with Gasteiger partial charge in [0, 0.05) is 25.6 Å². The van der Waals surface area contributed by atoms with Crippen molar-refractivity contribution < 1.29 is 14.1 Å². The fourth-order valence-corrected chi connectivity index (χ4v) is 2.40. The molecule has 2 aromatic rings. The van der Waals surface area contributed by atoms with Crippen molar-refractivity contribution in [1.82, 2.24) is 30.8 Å². The van der Waals surface area contributed by atoms with Crippen molar-refractivity contribution in [2.75, 3.05) is 14.2 Å². The number of esters is 1. The van der Waals surface area contributed by atoms with E-state index in [1.54, 1.807) is 13.2 Å². The fourth-order valence-electron chi connectivity index (χ4n) is 2.40. The van der Waals surface area contributed by atoms with Crippen LogP contribution in [0.3, 0.4) is 0 Å². The molecule has 10 nitrogen and oxygen atoms in total. The molecule has 0 saturated carbocycles. The van der Waals surface area contributed by atoms with Gasteiger partial charge in [-0.05, 0) is 6.42 Å². The van der Waals surface area contributed by atoms with Crippen molar-refractivity contribution >= 4 is 35.9 Å². The van der Waals surface area contributed by atoms with Crippen LogP contribution in [0.2, 0.25) is 0 Å². The van der Waals surface area contributed by atoms with Crippen molar-refractivity contribution in [3.05, 3.63) is 28.9 Å². The average molecular weight is 491 g/mol. The molecule has 0 unspecified atom stereocenters. The Morgan fingerprint density at radius 2 is 2.04 bits per heavy atom. The van der Waals surface area contributed by atoms with Crippen molar-refractivity contribution in [3.8, 4) is 0 Å². The summed E-state index contributed by atoms with van der Waals surface area (Å²) >= 11 is 0. The van der Waals surface area contributed by atoms with Crippen molar-refractivity contribution in [3.63, 3.8) is 0 Å². The first-order valence-electron chi connectivity index (χ1n) is 8.47. The van der Waals surface area contributed by atoms with Gasteiger partial charge in [0.2, 0.25) is 0 Å². The molecule has 0 aliphatic heterocycles. The molecule has 0 amide bonds. The van der Waals surface area contributed by atoms with Crippen molar-refractivity contribution in [2.45, 2.75) is 46.3 Å². The smallest absolute Gasteiger partial charge is 0.327 e. The number of carbonyl (C=O) groups is 1. The summed E-state index contributed by atoms with van der Waals surface area (Å²) in [5.41, 5.74) is 2.71. The summed E-state index contributed by atoms with van der Waals surface area (Å²) in [6.45, 7) is 5.11. The average Bonchev–Trinajstić information content (AvgIpc) is 3.27. The van der Waals surface area contributed by atoms with Crippen LogP contribution in [-0.2, 0) is 42.0 Å². The van der Waals surface area contributed by atoms with E-state index in [0.717, 1.165) is 29.9 Å². The summed E-state index contributed by atoms with van der Waals surface area (Å²) in [5.74, 6) is 1.13. The topological polar surface area (TPSA) is 119 Å². The van der Waals surface area contributed by atoms with Crippen LogP contribution in [0.25, 0.3) is 0 Å². The van der Waals surface area contributed by atoms with Crippen LogP contribution in [0.5, 0.6) is 0 Å². The van der Waals surface area contributed by atoms with Crippen LogP contribution in [0.15, 0.2) is 15.7 Å². The van der Waals surface area contributed by atoms with Gasteiger partial charge in [-0.3, -0.25) is 9.79 Å². The Kier molecular flexibility index (Phi) is 9.75. The number of methoxy groups -OCH3 is 1. The number of rotatable bonds is 8. The first kappa shape index (κ1) is 22.9. The van der Waals surface area contributed by atoms with Gasteiger partial charge in [-0.15, -0.1) is 29.1 Å². The molecule has 0 atom stereocenters. The zero-order valence-electron chi connectivity index (χ0n) is 16.0. The molecule has 2 rings (SSSR count). The quantitative estimate of drug-likeness (QED) is 0.244. The summed E-state index contributed by atoms with van der Waals surface area (Å²) in [6.07, 6.45) is 3.29. The number of halogens is 1.